The Kier molecular flexibility index (Phi) is 4.42. The Balaban J connectivity index is 2.00. The van der Waals surface area contributed by atoms with Gasteiger partial charge in [-0.2, -0.15) is 0 Å². The molecule has 1 aliphatic rings. The molecule has 2 atom stereocenters. The minimum Gasteiger partial charge on any atom is -0.508 e. The highest BCUT2D eigenvalue weighted by atomic mass is 19.1. The molecule has 1 aliphatic heterocycles. The lowest BCUT2D eigenvalue weighted by molar-refractivity contribution is 0.216. The van der Waals surface area contributed by atoms with Crippen molar-refractivity contribution in [1.29, 1.82) is 0 Å². The summed E-state index contributed by atoms with van der Waals surface area (Å²) in [6.07, 6.45) is 1.23. The van der Waals surface area contributed by atoms with Crippen molar-refractivity contribution in [2.45, 2.75) is 19.4 Å². The van der Waals surface area contributed by atoms with Crippen molar-refractivity contribution in [3.8, 4) is 5.75 Å². The van der Waals surface area contributed by atoms with Gasteiger partial charge >= 0.3 is 0 Å². The molecule has 0 radical (unpaired) electrons. The zero-order valence-electron chi connectivity index (χ0n) is 11.9. The van der Waals surface area contributed by atoms with Crippen molar-refractivity contribution in [1.82, 2.24) is 9.80 Å². The molecule has 3 nitrogen and oxygen atoms in total. The third-order valence-electron chi connectivity index (χ3n) is 4.14. The molecule has 0 aliphatic carbocycles. The number of hydrogen-bond donors (Lipinski definition) is 1. The van der Waals surface area contributed by atoms with E-state index in [9.17, 15) is 9.50 Å². The predicted molar refractivity (Wildman–Crippen MR) is 74.7 cm³/mol. The van der Waals surface area contributed by atoms with Crippen LogP contribution in [-0.2, 0) is 0 Å². The quantitative estimate of drug-likeness (QED) is 0.907. The number of rotatable bonds is 4. The summed E-state index contributed by atoms with van der Waals surface area (Å²) in [4.78, 5) is 4.58. The van der Waals surface area contributed by atoms with Gasteiger partial charge in [0.25, 0.3) is 0 Å². The molecular formula is C15H23FN2O. The number of phenolic OH excluding ortho intramolecular Hbond substituents is 1. The minimum atomic E-state index is -0.395. The molecule has 1 N–H and O–H groups in total. The molecule has 106 valence electrons. The van der Waals surface area contributed by atoms with E-state index in [0.29, 0.717) is 5.92 Å². The maximum absolute atomic E-state index is 13.0. The van der Waals surface area contributed by atoms with Gasteiger partial charge in [0.2, 0.25) is 0 Å². The predicted octanol–water partition coefficient (Wildman–Crippen LogP) is 2.48. The Bertz CT molecular complexity index is 438. The molecule has 0 bridgehead atoms. The maximum Gasteiger partial charge on any atom is 0.126 e. The lowest BCUT2D eigenvalue weighted by Crippen LogP contribution is -2.29. The van der Waals surface area contributed by atoms with Crippen molar-refractivity contribution in [2.24, 2.45) is 5.92 Å². The van der Waals surface area contributed by atoms with Crippen LogP contribution in [0.3, 0.4) is 0 Å². The normalized spacial score (nSPS) is 22.1. The van der Waals surface area contributed by atoms with Crippen molar-refractivity contribution in [2.75, 3.05) is 33.7 Å². The first-order chi connectivity index (χ1) is 8.97. The second-order valence-corrected chi connectivity index (χ2v) is 5.74. The third-order valence-corrected chi connectivity index (χ3v) is 4.14. The molecule has 4 heteroatoms. The van der Waals surface area contributed by atoms with E-state index < -0.39 is 5.82 Å². The number of aromatic hydroxyl groups is 1. The fourth-order valence-electron chi connectivity index (χ4n) is 2.85. The Morgan fingerprint density at radius 2 is 2.26 bits per heavy atom. The third kappa shape index (κ3) is 3.45. The first-order valence-electron chi connectivity index (χ1n) is 6.84. The lowest BCUT2D eigenvalue weighted by Gasteiger charge is -2.28. The zero-order valence-corrected chi connectivity index (χ0v) is 11.9. The van der Waals surface area contributed by atoms with Gasteiger partial charge in [-0.25, -0.2) is 4.39 Å². The number of nitrogens with zero attached hydrogens (tertiary/aromatic N) is 2. The van der Waals surface area contributed by atoms with E-state index in [1.165, 1.54) is 18.6 Å². The molecular weight excluding hydrogens is 243 g/mol. The van der Waals surface area contributed by atoms with E-state index in [1.54, 1.807) is 6.07 Å². The van der Waals surface area contributed by atoms with E-state index in [1.807, 2.05) is 6.92 Å². The average molecular weight is 266 g/mol. The van der Waals surface area contributed by atoms with Crippen LogP contribution in [0.2, 0.25) is 0 Å². The van der Waals surface area contributed by atoms with E-state index in [2.05, 4.69) is 23.9 Å². The molecule has 1 heterocycles. The molecule has 1 aromatic rings. The van der Waals surface area contributed by atoms with Crippen molar-refractivity contribution in [3.05, 3.63) is 29.6 Å². The monoisotopic (exact) mass is 266 g/mol. The molecule has 1 aromatic carbocycles. The number of halogens is 1. The van der Waals surface area contributed by atoms with Crippen LogP contribution < -0.4 is 0 Å². The number of benzene rings is 1. The van der Waals surface area contributed by atoms with Crippen LogP contribution in [0.5, 0.6) is 5.75 Å². The van der Waals surface area contributed by atoms with Gasteiger partial charge in [-0.15, -0.1) is 0 Å². The fourth-order valence-corrected chi connectivity index (χ4v) is 2.85. The van der Waals surface area contributed by atoms with Gasteiger partial charge < -0.3 is 10.0 Å². The number of likely N-dealkylation sites (tertiary alicyclic amines) is 1. The lowest BCUT2D eigenvalue weighted by atomic mass is 10.0. The summed E-state index contributed by atoms with van der Waals surface area (Å²) < 4.78 is 13.0. The molecule has 0 aromatic heterocycles. The van der Waals surface area contributed by atoms with Crippen LogP contribution >= 0.6 is 0 Å². The Morgan fingerprint density at radius 3 is 2.84 bits per heavy atom. The number of hydrogen-bond acceptors (Lipinski definition) is 3. The van der Waals surface area contributed by atoms with E-state index >= 15 is 0 Å². The topological polar surface area (TPSA) is 26.7 Å². The van der Waals surface area contributed by atoms with Crippen molar-refractivity contribution < 1.29 is 9.50 Å². The molecule has 2 unspecified atom stereocenters. The van der Waals surface area contributed by atoms with Crippen LogP contribution in [0, 0.1) is 11.7 Å². The van der Waals surface area contributed by atoms with Crippen LogP contribution in [0.15, 0.2) is 18.2 Å². The van der Waals surface area contributed by atoms with E-state index in [-0.39, 0.29) is 11.8 Å². The van der Waals surface area contributed by atoms with Gasteiger partial charge in [0.05, 0.1) is 0 Å². The van der Waals surface area contributed by atoms with Gasteiger partial charge in [-0.1, -0.05) is 6.07 Å². The van der Waals surface area contributed by atoms with Crippen LogP contribution in [0.4, 0.5) is 4.39 Å². The fraction of sp³-hybridized carbons (Fsp3) is 0.600. The number of phenols is 1. The van der Waals surface area contributed by atoms with Gasteiger partial charge in [-0.3, -0.25) is 4.90 Å². The highest BCUT2D eigenvalue weighted by molar-refractivity contribution is 5.34. The van der Waals surface area contributed by atoms with Crippen molar-refractivity contribution in [3.63, 3.8) is 0 Å². The highest BCUT2D eigenvalue weighted by Crippen LogP contribution is 2.29. The van der Waals surface area contributed by atoms with Crippen LogP contribution in [0.1, 0.15) is 24.9 Å². The summed E-state index contributed by atoms with van der Waals surface area (Å²) in [6, 6.07) is 4.35. The summed E-state index contributed by atoms with van der Waals surface area (Å²) in [5, 5.41) is 9.84. The summed E-state index contributed by atoms with van der Waals surface area (Å²) in [5.41, 5.74) is 0.787. The molecule has 0 saturated carbocycles. The van der Waals surface area contributed by atoms with Gasteiger partial charge in [0.1, 0.15) is 11.6 Å². The van der Waals surface area contributed by atoms with E-state index in [0.717, 1.165) is 25.2 Å². The maximum atomic E-state index is 13.0. The summed E-state index contributed by atoms with van der Waals surface area (Å²) in [6.45, 7) is 5.34. The van der Waals surface area contributed by atoms with Gasteiger partial charge in [0.15, 0.2) is 0 Å². The van der Waals surface area contributed by atoms with Gasteiger partial charge in [0, 0.05) is 30.8 Å². The van der Waals surface area contributed by atoms with Gasteiger partial charge in [-0.05, 0) is 46.0 Å². The highest BCUT2D eigenvalue weighted by Gasteiger charge is 2.23. The second-order valence-electron chi connectivity index (χ2n) is 5.74. The molecule has 1 saturated heterocycles. The first-order valence-corrected chi connectivity index (χ1v) is 6.84. The molecule has 0 amide bonds. The Hall–Kier alpha value is -1.13. The molecule has 0 spiro atoms. The Labute approximate surface area is 114 Å². The second kappa shape index (κ2) is 5.88. The summed E-state index contributed by atoms with van der Waals surface area (Å²) in [5.74, 6) is 0.330. The molecule has 2 rings (SSSR count). The Morgan fingerprint density at radius 1 is 1.53 bits per heavy atom. The van der Waals surface area contributed by atoms with Crippen molar-refractivity contribution >= 4 is 0 Å². The average Bonchev–Trinajstić information content (AvgIpc) is 2.74. The minimum absolute atomic E-state index is 0.0443. The van der Waals surface area contributed by atoms with Crippen LogP contribution in [-0.4, -0.2) is 48.6 Å². The largest absolute Gasteiger partial charge is 0.508 e. The standard InChI is InChI=1S/C15H23FN2O/c1-11(14-5-4-13(16)8-15(14)19)18(3)10-12-6-7-17(2)9-12/h4-5,8,11-12,19H,6-7,9-10H2,1-3H3. The smallest absolute Gasteiger partial charge is 0.126 e. The molecule has 1 fully saturated rings. The summed E-state index contributed by atoms with van der Waals surface area (Å²) >= 11 is 0. The zero-order chi connectivity index (χ0) is 14.0. The van der Waals surface area contributed by atoms with Crippen LogP contribution in [0.25, 0.3) is 0 Å². The summed E-state index contributed by atoms with van der Waals surface area (Å²) in [7, 11) is 4.21. The SMILES string of the molecule is CC(c1ccc(F)cc1O)N(C)CC1CCN(C)C1. The first kappa shape index (κ1) is 14.3. The molecule has 19 heavy (non-hydrogen) atoms. The van der Waals surface area contributed by atoms with E-state index in [4.69, 9.17) is 0 Å².